The second-order valence-corrected chi connectivity index (χ2v) is 5.42. The van der Waals surface area contributed by atoms with Crippen LogP contribution in [-0.2, 0) is 12.6 Å². The van der Waals surface area contributed by atoms with E-state index in [4.69, 9.17) is 5.73 Å². The Labute approximate surface area is 135 Å². The summed E-state index contributed by atoms with van der Waals surface area (Å²) in [5.74, 6) is -0.546. The molecule has 0 spiro atoms. The van der Waals surface area contributed by atoms with Crippen LogP contribution in [0.5, 0.6) is 0 Å². The number of benzene rings is 2. The number of carbonyl (C=O) groups is 1. The van der Waals surface area contributed by atoms with Gasteiger partial charge < -0.3 is 5.73 Å². The molecule has 1 heterocycles. The van der Waals surface area contributed by atoms with E-state index in [0.29, 0.717) is 28.5 Å². The van der Waals surface area contributed by atoms with Gasteiger partial charge in [0.1, 0.15) is 5.69 Å². The number of hydrogen-bond acceptors (Lipinski definition) is 2. The van der Waals surface area contributed by atoms with Crippen LogP contribution in [0.1, 0.15) is 27.2 Å². The van der Waals surface area contributed by atoms with Crippen LogP contribution >= 0.6 is 0 Å². The van der Waals surface area contributed by atoms with Crippen molar-refractivity contribution < 1.29 is 18.0 Å². The first-order chi connectivity index (χ1) is 11.3. The highest BCUT2D eigenvalue weighted by atomic mass is 19.4. The first kappa shape index (κ1) is 16.0. The molecule has 0 atom stereocenters. The van der Waals surface area contributed by atoms with Crippen molar-refractivity contribution in [2.24, 2.45) is 5.73 Å². The van der Waals surface area contributed by atoms with Gasteiger partial charge in [0, 0.05) is 10.9 Å². The normalized spacial score (nSPS) is 11.6. The van der Waals surface area contributed by atoms with Gasteiger partial charge in [-0.3, -0.25) is 4.79 Å². The highest BCUT2D eigenvalue weighted by Gasteiger charge is 2.33. The van der Waals surface area contributed by atoms with Crippen molar-refractivity contribution in [3.05, 3.63) is 77.0 Å². The van der Waals surface area contributed by atoms with Gasteiger partial charge in [-0.2, -0.15) is 13.2 Å². The lowest BCUT2D eigenvalue weighted by Crippen LogP contribution is -2.11. The summed E-state index contributed by atoms with van der Waals surface area (Å²) in [5.41, 5.74) is 6.24. The molecule has 3 aromatic rings. The Kier molecular flexibility index (Phi) is 3.97. The van der Waals surface area contributed by atoms with Crippen molar-refractivity contribution in [3.8, 4) is 0 Å². The zero-order valence-electron chi connectivity index (χ0n) is 12.5. The highest BCUT2D eigenvalue weighted by molar-refractivity contribution is 5.92. The summed E-state index contributed by atoms with van der Waals surface area (Å²) in [6.07, 6.45) is -4.21. The molecule has 3 nitrogen and oxygen atoms in total. The summed E-state index contributed by atoms with van der Waals surface area (Å²) in [5, 5.41) is 0.671. The number of alkyl halides is 3. The van der Waals surface area contributed by atoms with E-state index in [-0.39, 0.29) is 0 Å². The van der Waals surface area contributed by atoms with Crippen LogP contribution in [0.3, 0.4) is 0 Å². The first-order valence-corrected chi connectivity index (χ1v) is 7.19. The molecule has 0 aliphatic carbocycles. The fourth-order valence-electron chi connectivity index (χ4n) is 2.55. The number of halogens is 3. The van der Waals surface area contributed by atoms with Crippen molar-refractivity contribution in [1.82, 2.24) is 4.98 Å². The highest BCUT2D eigenvalue weighted by Crippen LogP contribution is 2.31. The molecule has 0 aliphatic rings. The molecular formula is C18H13F3N2O. The van der Waals surface area contributed by atoms with Crippen LogP contribution in [0.25, 0.3) is 10.9 Å². The zero-order valence-corrected chi connectivity index (χ0v) is 12.5. The monoisotopic (exact) mass is 330 g/mol. The van der Waals surface area contributed by atoms with E-state index < -0.39 is 17.8 Å². The van der Waals surface area contributed by atoms with Crippen molar-refractivity contribution >= 4 is 16.8 Å². The maximum atomic E-state index is 13.1. The molecule has 0 unspecified atom stereocenters. The maximum absolute atomic E-state index is 13.1. The molecule has 2 aromatic carbocycles. The standard InChI is InChI=1S/C18H13F3N2O/c19-18(20,21)16-10-13(14-3-1-2-4-15(14)23-16)9-11-5-7-12(8-6-11)17(22)24/h1-8,10H,9H2,(H2,22,24). The molecule has 6 heteroatoms. The van der Waals surface area contributed by atoms with Gasteiger partial charge in [0.25, 0.3) is 0 Å². The van der Waals surface area contributed by atoms with E-state index in [1.54, 1.807) is 48.5 Å². The third-order valence-corrected chi connectivity index (χ3v) is 3.73. The molecule has 3 rings (SSSR count). The number of nitrogens with two attached hydrogens (primary N) is 1. The number of aromatic nitrogens is 1. The minimum Gasteiger partial charge on any atom is -0.366 e. The molecular weight excluding hydrogens is 317 g/mol. The zero-order chi connectivity index (χ0) is 17.3. The first-order valence-electron chi connectivity index (χ1n) is 7.19. The SMILES string of the molecule is NC(=O)c1ccc(Cc2cc(C(F)(F)F)nc3ccccc23)cc1. The van der Waals surface area contributed by atoms with Crippen LogP contribution in [0, 0.1) is 0 Å². The number of primary amides is 1. The number of rotatable bonds is 3. The van der Waals surface area contributed by atoms with Gasteiger partial charge in [-0.25, -0.2) is 4.98 Å². The van der Waals surface area contributed by atoms with Crippen molar-refractivity contribution in [1.29, 1.82) is 0 Å². The predicted molar refractivity (Wildman–Crippen MR) is 84.5 cm³/mol. The van der Waals surface area contributed by atoms with Gasteiger partial charge in [0.2, 0.25) is 5.91 Å². The summed E-state index contributed by atoms with van der Waals surface area (Å²) in [6.45, 7) is 0. The van der Waals surface area contributed by atoms with Crippen molar-refractivity contribution in [2.45, 2.75) is 12.6 Å². The lowest BCUT2D eigenvalue weighted by Gasteiger charge is -2.12. The Hall–Kier alpha value is -2.89. The predicted octanol–water partition coefficient (Wildman–Crippen LogP) is 3.94. The van der Waals surface area contributed by atoms with Crippen molar-refractivity contribution in [3.63, 3.8) is 0 Å². The third kappa shape index (κ3) is 3.22. The molecule has 24 heavy (non-hydrogen) atoms. The lowest BCUT2D eigenvalue weighted by molar-refractivity contribution is -0.141. The van der Waals surface area contributed by atoms with Crippen molar-refractivity contribution in [2.75, 3.05) is 0 Å². The van der Waals surface area contributed by atoms with E-state index in [2.05, 4.69) is 4.98 Å². The van der Waals surface area contributed by atoms with Crippen LogP contribution < -0.4 is 5.73 Å². The van der Waals surface area contributed by atoms with Crippen LogP contribution in [-0.4, -0.2) is 10.9 Å². The Morgan fingerprint density at radius 1 is 1.04 bits per heavy atom. The molecule has 0 saturated carbocycles. The summed E-state index contributed by atoms with van der Waals surface area (Å²) < 4.78 is 39.2. The Bertz CT molecular complexity index is 902. The molecule has 1 amide bonds. The smallest absolute Gasteiger partial charge is 0.366 e. The number of pyridine rings is 1. The lowest BCUT2D eigenvalue weighted by atomic mass is 9.99. The number of para-hydroxylation sites is 1. The maximum Gasteiger partial charge on any atom is 0.433 e. The molecule has 0 fully saturated rings. The van der Waals surface area contributed by atoms with E-state index in [9.17, 15) is 18.0 Å². The number of carbonyl (C=O) groups excluding carboxylic acids is 1. The average Bonchev–Trinajstić information content (AvgIpc) is 2.54. The molecule has 0 bridgehead atoms. The number of hydrogen-bond donors (Lipinski definition) is 1. The van der Waals surface area contributed by atoms with Gasteiger partial charge >= 0.3 is 6.18 Å². The minimum atomic E-state index is -4.51. The second kappa shape index (κ2) is 5.96. The summed E-state index contributed by atoms with van der Waals surface area (Å²) in [7, 11) is 0. The molecule has 122 valence electrons. The van der Waals surface area contributed by atoms with E-state index in [1.807, 2.05) is 0 Å². The largest absolute Gasteiger partial charge is 0.433 e. The molecule has 2 N–H and O–H groups in total. The summed E-state index contributed by atoms with van der Waals surface area (Å²) in [6, 6.07) is 14.3. The fourth-order valence-corrected chi connectivity index (χ4v) is 2.55. The van der Waals surface area contributed by atoms with Gasteiger partial charge in [0.05, 0.1) is 5.52 Å². The van der Waals surface area contributed by atoms with Gasteiger partial charge in [-0.1, -0.05) is 30.3 Å². The Morgan fingerprint density at radius 2 is 1.71 bits per heavy atom. The molecule has 0 aliphatic heterocycles. The van der Waals surface area contributed by atoms with Gasteiger partial charge in [-0.15, -0.1) is 0 Å². The third-order valence-electron chi connectivity index (χ3n) is 3.73. The quantitative estimate of drug-likeness (QED) is 0.791. The Balaban J connectivity index is 2.05. The number of fused-ring (bicyclic) bond motifs is 1. The van der Waals surface area contributed by atoms with E-state index in [0.717, 1.165) is 11.6 Å². The van der Waals surface area contributed by atoms with E-state index >= 15 is 0 Å². The Morgan fingerprint density at radius 3 is 2.33 bits per heavy atom. The minimum absolute atomic E-state index is 0.297. The van der Waals surface area contributed by atoms with Crippen LogP contribution in [0.2, 0.25) is 0 Å². The summed E-state index contributed by atoms with van der Waals surface area (Å²) in [4.78, 5) is 14.8. The topological polar surface area (TPSA) is 56.0 Å². The average molecular weight is 330 g/mol. The summed E-state index contributed by atoms with van der Waals surface area (Å²) >= 11 is 0. The van der Waals surface area contributed by atoms with Gasteiger partial charge in [-0.05, 0) is 41.8 Å². The van der Waals surface area contributed by atoms with Crippen LogP contribution in [0.15, 0.2) is 54.6 Å². The van der Waals surface area contributed by atoms with Gasteiger partial charge in [0.15, 0.2) is 0 Å². The molecule has 0 radical (unpaired) electrons. The molecule has 1 aromatic heterocycles. The molecule has 0 saturated heterocycles. The number of amides is 1. The van der Waals surface area contributed by atoms with Crippen LogP contribution in [0.4, 0.5) is 13.2 Å². The second-order valence-electron chi connectivity index (χ2n) is 5.42. The fraction of sp³-hybridized carbons (Fsp3) is 0.111. The number of nitrogens with zero attached hydrogens (tertiary/aromatic N) is 1. The van der Waals surface area contributed by atoms with E-state index in [1.165, 1.54) is 0 Å².